The molecule has 6 heteroatoms. The maximum atomic E-state index is 10.2. The second kappa shape index (κ2) is 6.56. The van der Waals surface area contributed by atoms with Crippen molar-refractivity contribution in [2.75, 3.05) is 19.7 Å². The maximum absolute atomic E-state index is 10.2. The van der Waals surface area contributed by atoms with Crippen molar-refractivity contribution < 1.29 is 14.6 Å². The van der Waals surface area contributed by atoms with E-state index in [0.717, 1.165) is 18.5 Å². The van der Waals surface area contributed by atoms with Gasteiger partial charge in [-0.15, -0.1) is 10.2 Å². The summed E-state index contributed by atoms with van der Waals surface area (Å²) in [6, 6.07) is 9.68. The summed E-state index contributed by atoms with van der Waals surface area (Å²) in [6.07, 6.45) is 2.03. The van der Waals surface area contributed by atoms with Gasteiger partial charge in [0.2, 0.25) is 11.8 Å². The predicted octanol–water partition coefficient (Wildman–Crippen LogP) is 1.45. The molecule has 0 unspecified atom stereocenters. The number of nitrogens with zero attached hydrogens (tertiary/aromatic N) is 3. The van der Waals surface area contributed by atoms with Crippen LogP contribution in [0.15, 0.2) is 34.7 Å². The van der Waals surface area contributed by atoms with Gasteiger partial charge in [0.05, 0.1) is 18.8 Å². The van der Waals surface area contributed by atoms with Crippen LogP contribution in [0.25, 0.3) is 11.5 Å². The molecule has 1 atom stereocenters. The van der Waals surface area contributed by atoms with Gasteiger partial charge in [0.15, 0.2) is 0 Å². The topological polar surface area (TPSA) is 82.6 Å². The SMILES string of the molecule is OC[C@@]1(O)CCCN(Cc2nnc(-c3ccccc3)o2)CC1. The smallest absolute Gasteiger partial charge is 0.247 e. The van der Waals surface area contributed by atoms with Gasteiger partial charge >= 0.3 is 0 Å². The van der Waals surface area contributed by atoms with Crippen molar-refractivity contribution in [1.82, 2.24) is 15.1 Å². The molecule has 6 nitrogen and oxygen atoms in total. The zero-order valence-electron chi connectivity index (χ0n) is 12.5. The third-order valence-electron chi connectivity index (χ3n) is 4.15. The van der Waals surface area contributed by atoms with E-state index >= 15 is 0 Å². The van der Waals surface area contributed by atoms with Crippen molar-refractivity contribution in [2.24, 2.45) is 0 Å². The van der Waals surface area contributed by atoms with Crippen LogP contribution in [0.1, 0.15) is 25.2 Å². The number of aromatic nitrogens is 2. The van der Waals surface area contributed by atoms with Crippen molar-refractivity contribution in [3.05, 3.63) is 36.2 Å². The third-order valence-corrected chi connectivity index (χ3v) is 4.15. The molecule has 1 fully saturated rings. The average molecular weight is 303 g/mol. The molecule has 0 saturated carbocycles. The minimum absolute atomic E-state index is 0.181. The van der Waals surface area contributed by atoms with E-state index in [2.05, 4.69) is 15.1 Å². The van der Waals surface area contributed by atoms with Crippen LogP contribution in [0.3, 0.4) is 0 Å². The summed E-state index contributed by atoms with van der Waals surface area (Å²) in [4.78, 5) is 2.18. The van der Waals surface area contributed by atoms with Gasteiger partial charge in [0.1, 0.15) is 0 Å². The number of aliphatic hydroxyl groups is 2. The van der Waals surface area contributed by atoms with E-state index in [1.165, 1.54) is 0 Å². The molecule has 1 aromatic heterocycles. The lowest BCUT2D eigenvalue weighted by atomic mass is 9.96. The molecule has 22 heavy (non-hydrogen) atoms. The number of aliphatic hydroxyl groups excluding tert-OH is 1. The van der Waals surface area contributed by atoms with Gasteiger partial charge in [0.25, 0.3) is 0 Å². The first-order valence-corrected chi connectivity index (χ1v) is 7.62. The Morgan fingerprint density at radius 1 is 1.14 bits per heavy atom. The van der Waals surface area contributed by atoms with E-state index in [9.17, 15) is 10.2 Å². The third kappa shape index (κ3) is 3.52. The molecule has 1 aliphatic heterocycles. The number of hydrogen-bond acceptors (Lipinski definition) is 6. The number of hydrogen-bond donors (Lipinski definition) is 2. The summed E-state index contributed by atoms with van der Waals surface area (Å²) in [5.41, 5.74) is -0.0366. The van der Waals surface area contributed by atoms with Crippen LogP contribution in [0.4, 0.5) is 0 Å². The molecule has 1 aliphatic rings. The van der Waals surface area contributed by atoms with Crippen molar-refractivity contribution in [3.8, 4) is 11.5 Å². The largest absolute Gasteiger partial charge is 0.419 e. The first-order valence-electron chi connectivity index (χ1n) is 7.62. The van der Waals surface area contributed by atoms with Gasteiger partial charge in [-0.3, -0.25) is 4.90 Å². The summed E-state index contributed by atoms with van der Waals surface area (Å²) in [5.74, 6) is 1.10. The second-order valence-electron chi connectivity index (χ2n) is 5.88. The van der Waals surface area contributed by atoms with Crippen LogP contribution in [0.5, 0.6) is 0 Å². The van der Waals surface area contributed by atoms with E-state index in [1.54, 1.807) is 0 Å². The Morgan fingerprint density at radius 2 is 1.95 bits per heavy atom. The van der Waals surface area contributed by atoms with Crippen LogP contribution < -0.4 is 0 Å². The first kappa shape index (κ1) is 15.1. The van der Waals surface area contributed by atoms with Gasteiger partial charge in [-0.05, 0) is 37.9 Å². The molecular weight excluding hydrogens is 282 g/mol. The number of likely N-dealkylation sites (tertiary alicyclic amines) is 1. The van der Waals surface area contributed by atoms with Crippen LogP contribution >= 0.6 is 0 Å². The Kier molecular flexibility index (Phi) is 4.52. The highest BCUT2D eigenvalue weighted by atomic mass is 16.4. The van der Waals surface area contributed by atoms with Crippen molar-refractivity contribution in [3.63, 3.8) is 0 Å². The molecule has 0 amide bonds. The van der Waals surface area contributed by atoms with Crippen molar-refractivity contribution >= 4 is 0 Å². The van der Waals surface area contributed by atoms with E-state index in [-0.39, 0.29) is 6.61 Å². The molecule has 3 rings (SSSR count). The summed E-state index contributed by atoms with van der Waals surface area (Å²) < 4.78 is 5.72. The normalized spacial score (nSPS) is 23.4. The van der Waals surface area contributed by atoms with E-state index in [0.29, 0.717) is 37.7 Å². The molecule has 2 aromatic rings. The zero-order chi connectivity index (χ0) is 15.4. The minimum atomic E-state index is -0.946. The van der Waals surface area contributed by atoms with E-state index < -0.39 is 5.60 Å². The zero-order valence-corrected chi connectivity index (χ0v) is 12.5. The highest BCUT2D eigenvalue weighted by molar-refractivity contribution is 5.51. The quantitative estimate of drug-likeness (QED) is 0.889. The minimum Gasteiger partial charge on any atom is -0.419 e. The highest BCUT2D eigenvalue weighted by Crippen LogP contribution is 2.23. The number of rotatable bonds is 4. The van der Waals surface area contributed by atoms with Crippen LogP contribution in [-0.4, -0.2) is 50.6 Å². The molecule has 0 aliphatic carbocycles. The summed E-state index contributed by atoms with van der Waals surface area (Å²) >= 11 is 0. The molecule has 1 aromatic carbocycles. The Balaban J connectivity index is 1.63. The molecule has 118 valence electrons. The fourth-order valence-corrected chi connectivity index (χ4v) is 2.76. The Labute approximate surface area is 129 Å². The Hall–Kier alpha value is -1.76. The lowest BCUT2D eigenvalue weighted by Gasteiger charge is -2.23. The van der Waals surface area contributed by atoms with Gasteiger partial charge < -0.3 is 14.6 Å². The standard InChI is InChI=1S/C16H21N3O3/c20-12-16(21)7-4-9-19(10-8-16)11-14-17-18-15(22-14)13-5-2-1-3-6-13/h1-3,5-6,20-21H,4,7-12H2/t16-/m1/s1. The fraction of sp³-hybridized carbons (Fsp3) is 0.500. The summed E-state index contributed by atoms with van der Waals surface area (Å²) in [7, 11) is 0. The van der Waals surface area contributed by atoms with E-state index in [4.69, 9.17) is 4.42 Å². The Bertz CT molecular complexity index is 602. The summed E-state index contributed by atoms with van der Waals surface area (Å²) in [5, 5.41) is 27.6. The Morgan fingerprint density at radius 3 is 2.73 bits per heavy atom. The summed E-state index contributed by atoms with van der Waals surface area (Å²) in [6.45, 7) is 1.95. The lowest BCUT2D eigenvalue weighted by Crippen LogP contribution is -2.34. The maximum Gasteiger partial charge on any atom is 0.247 e. The van der Waals surface area contributed by atoms with Crippen molar-refractivity contribution in [2.45, 2.75) is 31.4 Å². The molecular formula is C16H21N3O3. The van der Waals surface area contributed by atoms with Gasteiger partial charge in [-0.2, -0.15) is 0 Å². The van der Waals surface area contributed by atoms with Crippen LogP contribution in [0, 0.1) is 0 Å². The second-order valence-corrected chi connectivity index (χ2v) is 5.88. The molecule has 2 heterocycles. The van der Waals surface area contributed by atoms with Crippen LogP contribution in [-0.2, 0) is 6.54 Å². The average Bonchev–Trinajstić information content (AvgIpc) is 2.93. The monoisotopic (exact) mass is 303 g/mol. The molecule has 1 saturated heterocycles. The van der Waals surface area contributed by atoms with Gasteiger partial charge in [-0.25, -0.2) is 0 Å². The highest BCUT2D eigenvalue weighted by Gasteiger charge is 2.29. The van der Waals surface area contributed by atoms with E-state index in [1.807, 2.05) is 30.3 Å². The van der Waals surface area contributed by atoms with Gasteiger partial charge in [-0.1, -0.05) is 18.2 Å². The fourth-order valence-electron chi connectivity index (χ4n) is 2.76. The molecule has 0 bridgehead atoms. The van der Waals surface area contributed by atoms with Crippen LogP contribution in [0.2, 0.25) is 0 Å². The molecule has 2 N–H and O–H groups in total. The molecule has 0 radical (unpaired) electrons. The van der Waals surface area contributed by atoms with Gasteiger partial charge in [0, 0.05) is 12.1 Å². The number of benzene rings is 1. The molecule has 0 spiro atoms. The predicted molar refractivity (Wildman–Crippen MR) is 80.9 cm³/mol. The first-order chi connectivity index (χ1) is 10.7. The van der Waals surface area contributed by atoms with Crippen molar-refractivity contribution in [1.29, 1.82) is 0 Å². The lowest BCUT2D eigenvalue weighted by molar-refractivity contribution is -0.0256.